The van der Waals surface area contributed by atoms with E-state index in [1.807, 2.05) is 0 Å². The molecule has 1 aliphatic rings. The molecule has 0 aromatic heterocycles. The lowest BCUT2D eigenvalue weighted by atomic mass is 10.1. The summed E-state index contributed by atoms with van der Waals surface area (Å²) < 4.78 is 0. The van der Waals surface area contributed by atoms with E-state index >= 15 is 0 Å². The molecule has 17 heavy (non-hydrogen) atoms. The number of carboxylic acids is 1. The first-order chi connectivity index (χ1) is 7.95. The normalized spacial score (nSPS) is 21.6. The lowest BCUT2D eigenvalue weighted by Crippen LogP contribution is -2.44. The van der Waals surface area contributed by atoms with Crippen LogP contribution in [0.1, 0.15) is 13.3 Å². The van der Waals surface area contributed by atoms with E-state index in [2.05, 4.69) is 0 Å². The van der Waals surface area contributed by atoms with Crippen molar-refractivity contribution in [3.8, 4) is 0 Å². The molecule has 2 unspecified atom stereocenters. The zero-order chi connectivity index (χ0) is 13.0. The van der Waals surface area contributed by atoms with E-state index in [1.54, 1.807) is 0 Å². The number of thioether (sulfide) groups is 1. The van der Waals surface area contributed by atoms with E-state index in [4.69, 9.17) is 10.2 Å². The van der Waals surface area contributed by atoms with Gasteiger partial charge in [-0.3, -0.25) is 9.59 Å². The van der Waals surface area contributed by atoms with E-state index in [1.165, 1.54) is 11.8 Å². The van der Waals surface area contributed by atoms with Gasteiger partial charge in [0.15, 0.2) is 11.2 Å². The Morgan fingerprint density at radius 2 is 2.24 bits per heavy atom. The average Bonchev–Trinajstić information content (AvgIpc) is 2.58. The first-order valence-corrected chi connectivity index (χ1v) is 6.20. The van der Waals surface area contributed by atoms with Gasteiger partial charge in [0.25, 0.3) is 0 Å². The minimum absolute atomic E-state index is 0.0205. The second kappa shape index (κ2) is 6.02. The van der Waals surface area contributed by atoms with Crippen LogP contribution in [-0.4, -0.2) is 57.1 Å². The molecule has 1 heterocycles. The summed E-state index contributed by atoms with van der Waals surface area (Å²) in [5, 5.41) is 17.8. The van der Waals surface area contributed by atoms with Crippen molar-refractivity contribution in [2.75, 3.05) is 18.9 Å². The van der Waals surface area contributed by atoms with Crippen molar-refractivity contribution in [3.05, 3.63) is 0 Å². The fourth-order valence-corrected chi connectivity index (χ4v) is 2.46. The highest BCUT2D eigenvalue weighted by Gasteiger charge is 2.37. The lowest BCUT2D eigenvalue weighted by molar-refractivity contribution is -0.150. The molecule has 0 aromatic rings. The van der Waals surface area contributed by atoms with Crippen LogP contribution >= 0.6 is 11.8 Å². The molecule has 1 rings (SSSR count). The third-order valence-electron chi connectivity index (χ3n) is 2.60. The van der Waals surface area contributed by atoms with Crippen molar-refractivity contribution in [2.24, 2.45) is 5.92 Å². The van der Waals surface area contributed by atoms with Crippen LogP contribution in [0.4, 0.5) is 0 Å². The predicted octanol–water partition coefficient (Wildman–Crippen LogP) is -0.440. The van der Waals surface area contributed by atoms with Gasteiger partial charge in [0.2, 0.25) is 5.91 Å². The predicted molar refractivity (Wildman–Crippen MR) is 61.5 cm³/mol. The second-order valence-corrected chi connectivity index (χ2v) is 5.15. The molecule has 0 aliphatic carbocycles. The Bertz CT molecular complexity index is 333. The molecule has 0 bridgehead atoms. The van der Waals surface area contributed by atoms with Gasteiger partial charge in [0.1, 0.15) is 0 Å². The first-order valence-electron chi connectivity index (χ1n) is 5.22. The van der Waals surface area contributed by atoms with Crippen molar-refractivity contribution in [3.63, 3.8) is 0 Å². The summed E-state index contributed by atoms with van der Waals surface area (Å²) in [5.74, 6) is -0.999. The fraction of sp³-hybridized carbons (Fsp3) is 0.700. The highest BCUT2D eigenvalue weighted by atomic mass is 32.2. The van der Waals surface area contributed by atoms with Gasteiger partial charge >= 0.3 is 5.97 Å². The Labute approximate surface area is 103 Å². The summed E-state index contributed by atoms with van der Waals surface area (Å²) >= 11 is 1.13. The summed E-state index contributed by atoms with van der Waals surface area (Å²) in [6.07, 6.45) is 0.240. The van der Waals surface area contributed by atoms with Crippen LogP contribution in [0.3, 0.4) is 0 Å². The molecule has 0 radical (unpaired) electrons. The molecule has 0 saturated carbocycles. The minimum Gasteiger partial charge on any atom is -0.480 e. The summed E-state index contributed by atoms with van der Waals surface area (Å²) in [4.78, 5) is 34.4. The van der Waals surface area contributed by atoms with E-state index in [0.717, 1.165) is 11.8 Å². The molecule has 1 fully saturated rings. The third-order valence-corrected chi connectivity index (χ3v) is 3.64. The third kappa shape index (κ3) is 3.71. The molecular formula is C10H15NO5S. The Morgan fingerprint density at radius 1 is 1.59 bits per heavy atom. The number of hydrogen-bond donors (Lipinski definition) is 2. The summed E-state index contributed by atoms with van der Waals surface area (Å²) in [6.45, 7) is 1.15. The molecule has 96 valence electrons. The van der Waals surface area contributed by atoms with Crippen LogP contribution in [0.25, 0.3) is 0 Å². The van der Waals surface area contributed by atoms with E-state index in [0.29, 0.717) is 5.75 Å². The number of amides is 1. The van der Waals surface area contributed by atoms with Crippen LogP contribution in [-0.2, 0) is 14.4 Å². The first kappa shape index (κ1) is 14.0. The standard InChI is InChI=1S/C10H15NO5S/c1-6(13)17-5-7-2-9(14)11(3-7)8(4-12)10(15)16/h7-8,12H,2-5H2,1H3,(H,15,16). The van der Waals surface area contributed by atoms with E-state index in [9.17, 15) is 14.4 Å². The van der Waals surface area contributed by atoms with Crippen LogP contribution < -0.4 is 0 Å². The monoisotopic (exact) mass is 261 g/mol. The van der Waals surface area contributed by atoms with Gasteiger partial charge in [0.05, 0.1) is 6.61 Å². The number of aliphatic carboxylic acids is 1. The van der Waals surface area contributed by atoms with Crippen LogP contribution in [0.2, 0.25) is 0 Å². The Morgan fingerprint density at radius 3 is 2.71 bits per heavy atom. The highest BCUT2D eigenvalue weighted by Crippen LogP contribution is 2.24. The molecule has 0 aromatic carbocycles. The Balaban J connectivity index is 2.57. The minimum atomic E-state index is -1.21. The molecule has 1 amide bonds. The molecular weight excluding hydrogens is 246 g/mol. The van der Waals surface area contributed by atoms with Crippen molar-refractivity contribution in [1.29, 1.82) is 0 Å². The number of likely N-dealkylation sites (tertiary alicyclic amines) is 1. The van der Waals surface area contributed by atoms with Gasteiger partial charge in [-0.25, -0.2) is 4.79 Å². The zero-order valence-electron chi connectivity index (χ0n) is 9.46. The SMILES string of the molecule is CC(=O)SCC1CC(=O)N(C(CO)C(=O)O)C1. The number of aliphatic hydroxyl groups is 1. The maximum Gasteiger partial charge on any atom is 0.328 e. The van der Waals surface area contributed by atoms with Crippen molar-refractivity contribution >= 4 is 28.8 Å². The summed E-state index contributed by atoms with van der Waals surface area (Å²) in [7, 11) is 0. The van der Waals surface area contributed by atoms with Crippen LogP contribution in [0.5, 0.6) is 0 Å². The Hall–Kier alpha value is -1.08. The molecule has 2 N–H and O–H groups in total. The number of nitrogens with zero attached hydrogens (tertiary/aromatic N) is 1. The molecule has 1 aliphatic heterocycles. The number of hydrogen-bond acceptors (Lipinski definition) is 5. The number of aliphatic hydroxyl groups excluding tert-OH is 1. The second-order valence-electron chi connectivity index (χ2n) is 3.96. The average molecular weight is 261 g/mol. The van der Waals surface area contributed by atoms with Gasteiger partial charge in [-0.15, -0.1) is 0 Å². The maximum absolute atomic E-state index is 11.6. The number of carbonyl (C=O) groups excluding carboxylic acids is 2. The lowest BCUT2D eigenvalue weighted by Gasteiger charge is -2.22. The molecule has 2 atom stereocenters. The van der Waals surface area contributed by atoms with Gasteiger partial charge in [-0.1, -0.05) is 11.8 Å². The van der Waals surface area contributed by atoms with E-state index in [-0.39, 0.29) is 29.9 Å². The van der Waals surface area contributed by atoms with Crippen LogP contribution in [0.15, 0.2) is 0 Å². The number of carbonyl (C=O) groups is 3. The molecule has 7 heteroatoms. The topological polar surface area (TPSA) is 94.9 Å². The van der Waals surface area contributed by atoms with Crippen LogP contribution in [0, 0.1) is 5.92 Å². The largest absolute Gasteiger partial charge is 0.480 e. The number of rotatable bonds is 5. The highest BCUT2D eigenvalue weighted by molar-refractivity contribution is 8.13. The fourth-order valence-electron chi connectivity index (χ4n) is 1.77. The van der Waals surface area contributed by atoms with E-state index < -0.39 is 18.6 Å². The smallest absolute Gasteiger partial charge is 0.328 e. The van der Waals surface area contributed by atoms with Gasteiger partial charge in [-0.05, 0) is 5.92 Å². The number of carboxylic acid groups (broad SMARTS) is 1. The Kier molecular flexibility index (Phi) is 4.95. The molecule has 0 spiro atoms. The molecule has 1 saturated heterocycles. The summed E-state index contributed by atoms with van der Waals surface area (Å²) in [6, 6.07) is -1.17. The van der Waals surface area contributed by atoms with Gasteiger partial charge in [0, 0.05) is 25.6 Å². The maximum atomic E-state index is 11.6. The quantitative estimate of drug-likeness (QED) is 0.696. The summed E-state index contributed by atoms with van der Waals surface area (Å²) in [5.41, 5.74) is 0. The molecule has 6 nitrogen and oxygen atoms in total. The van der Waals surface area contributed by atoms with Crippen molar-refractivity contribution < 1.29 is 24.6 Å². The zero-order valence-corrected chi connectivity index (χ0v) is 10.3. The van der Waals surface area contributed by atoms with Crippen molar-refractivity contribution in [2.45, 2.75) is 19.4 Å². The van der Waals surface area contributed by atoms with Gasteiger partial charge < -0.3 is 15.1 Å². The van der Waals surface area contributed by atoms with Crippen molar-refractivity contribution in [1.82, 2.24) is 4.90 Å². The van der Waals surface area contributed by atoms with Gasteiger partial charge in [-0.2, -0.15) is 0 Å².